The summed E-state index contributed by atoms with van der Waals surface area (Å²) in [6.07, 6.45) is 7.78. The number of hydrogen-bond acceptors (Lipinski definition) is 8. The van der Waals surface area contributed by atoms with Crippen molar-refractivity contribution in [1.29, 1.82) is 0 Å². The highest BCUT2D eigenvalue weighted by Gasteiger charge is 2.46. The van der Waals surface area contributed by atoms with Crippen molar-refractivity contribution in [3.63, 3.8) is 0 Å². The van der Waals surface area contributed by atoms with E-state index in [0.717, 1.165) is 68.0 Å². The summed E-state index contributed by atoms with van der Waals surface area (Å²) in [7, 11) is 0. The lowest BCUT2D eigenvalue weighted by Gasteiger charge is -2.54. The molecule has 0 radical (unpaired) electrons. The largest absolute Gasteiger partial charge is 0.489 e. The molecule has 6 aliphatic rings. The zero-order valence-corrected chi connectivity index (χ0v) is 24.0. The van der Waals surface area contributed by atoms with Crippen molar-refractivity contribution in [2.45, 2.75) is 57.2 Å². The third-order valence-electron chi connectivity index (χ3n) is 10.6. The molecule has 10 nitrogen and oxygen atoms in total. The topological polar surface area (TPSA) is 98.3 Å². The highest BCUT2D eigenvalue weighted by atomic mass is 16.5. The van der Waals surface area contributed by atoms with Crippen LogP contribution in [0.5, 0.6) is 5.75 Å². The van der Waals surface area contributed by atoms with Crippen molar-refractivity contribution in [3.8, 4) is 5.75 Å². The molecule has 1 aliphatic carbocycles. The van der Waals surface area contributed by atoms with Gasteiger partial charge in [-0.3, -0.25) is 24.6 Å². The van der Waals surface area contributed by atoms with Crippen LogP contribution in [0.15, 0.2) is 36.5 Å². The van der Waals surface area contributed by atoms with Crippen LogP contribution in [0.4, 0.5) is 11.5 Å². The first-order chi connectivity index (χ1) is 20.4. The summed E-state index contributed by atoms with van der Waals surface area (Å²) in [6.45, 7) is 7.43. The lowest BCUT2D eigenvalue weighted by Crippen LogP contribution is -2.59. The molecule has 0 bridgehead atoms. The lowest BCUT2D eigenvalue weighted by atomic mass is 9.66. The lowest BCUT2D eigenvalue weighted by molar-refractivity contribution is -0.136. The number of nitrogens with zero attached hydrogens (tertiary/aromatic N) is 5. The first-order valence-corrected chi connectivity index (χ1v) is 15.5. The number of piperazine rings is 1. The molecule has 1 aromatic carbocycles. The summed E-state index contributed by atoms with van der Waals surface area (Å²) < 4.78 is 6.24. The maximum atomic E-state index is 13.2. The van der Waals surface area contributed by atoms with E-state index in [0.29, 0.717) is 36.6 Å². The number of pyridine rings is 1. The smallest absolute Gasteiger partial charge is 0.255 e. The summed E-state index contributed by atoms with van der Waals surface area (Å²) >= 11 is 0. The Morgan fingerprint density at radius 2 is 1.88 bits per heavy atom. The summed E-state index contributed by atoms with van der Waals surface area (Å²) in [5.41, 5.74) is 3.09. The monoisotopic (exact) mass is 570 g/mol. The molecule has 1 N–H and O–H groups in total. The van der Waals surface area contributed by atoms with E-state index in [1.165, 1.54) is 25.7 Å². The van der Waals surface area contributed by atoms with Gasteiger partial charge in [-0.05, 0) is 67.9 Å². The molecule has 6 heterocycles. The number of piperidine rings is 1. The first kappa shape index (κ1) is 26.0. The van der Waals surface area contributed by atoms with Crippen LogP contribution in [0.3, 0.4) is 0 Å². The Hall–Kier alpha value is -3.66. The standard InChI is InChI=1S/C32H38N6O4/c39-29-5-4-25(30(40)34-29)38-16-22-13-26-27(14-24(22)31(38)41)42-18-23-17-35(11-12-37(23)26)15-21-6-8-32(9-7-21)19-36(20-32)28-3-1-2-10-33-28/h1-3,10,13-14,21,23,25H,4-9,11-12,15-20H2,(H,34,39,40). The predicted molar refractivity (Wildman–Crippen MR) is 156 cm³/mol. The summed E-state index contributed by atoms with van der Waals surface area (Å²) in [6, 6.07) is 9.84. The zero-order valence-electron chi connectivity index (χ0n) is 24.0. The van der Waals surface area contributed by atoms with Crippen LogP contribution in [0, 0.1) is 11.3 Å². The second-order valence-corrected chi connectivity index (χ2v) is 13.3. The highest BCUT2D eigenvalue weighted by molar-refractivity contribution is 6.05. The molecule has 10 heteroatoms. The summed E-state index contributed by atoms with van der Waals surface area (Å²) in [5.74, 6) is 1.83. The van der Waals surface area contributed by atoms with Crippen LogP contribution in [0.1, 0.15) is 54.4 Å². The predicted octanol–water partition coefficient (Wildman–Crippen LogP) is 2.42. The van der Waals surface area contributed by atoms with Crippen LogP contribution in [0.2, 0.25) is 0 Å². The van der Waals surface area contributed by atoms with Gasteiger partial charge in [-0.15, -0.1) is 0 Å². The molecular weight excluding hydrogens is 532 g/mol. The molecule has 8 rings (SSSR count). The number of ether oxygens (including phenoxy) is 1. The number of imide groups is 1. The maximum absolute atomic E-state index is 13.2. The Labute approximate surface area is 246 Å². The second kappa shape index (κ2) is 9.97. The number of hydrogen-bond donors (Lipinski definition) is 1. The SMILES string of the molecule is O=C1CCC(N2Cc3cc4c(cc3C2=O)OCC2CN(CC3CCC5(CC3)CN(c3ccccn3)C5)CCN42)C(=O)N1. The average molecular weight is 571 g/mol. The molecule has 3 amide bonds. The van der Waals surface area contributed by atoms with E-state index in [-0.39, 0.29) is 24.1 Å². The molecule has 3 saturated heterocycles. The Morgan fingerprint density at radius 1 is 1.02 bits per heavy atom. The number of rotatable bonds is 4. The fraction of sp³-hybridized carbons (Fsp3) is 0.562. The highest BCUT2D eigenvalue weighted by Crippen LogP contribution is 2.47. The normalized spacial score (nSPS) is 27.2. The van der Waals surface area contributed by atoms with Crippen LogP contribution in [-0.2, 0) is 16.1 Å². The van der Waals surface area contributed by atoms with Crippen molar-refractivity contribution in [3.05, 3.63) is 47.7 Å². The van der Waals surface area contributed by atoms with Gasteiger partial charge in [0.15, 0.2) is 0 Å². The van der Waals surface area contributed by atoms with E-state index in [9.17, 15) is 14.4 Å². The Bertz CT molecular complexity index is 1420. The van der Waals surface area contributed by atoms with Gasteiger partial charge in [0, 0.05) is 69.4 Å². The van der Waals surface area contributed by atoms with Crippen molar-refractivity contribution in [2.75, 3.05) is 55.7 Å². The van der Waals surface area contributed by atoms with Gasteiger partial charge >= 0.3 is 0 Å². The quantitative estimate of drug-likeness (QED) is 0.560. The van der Waals surface area contributed by atoms with E-state index in [1.54, 1.807) is 4.90 Å². The van der Waals surface area contributed by atoms with Crippen LogP contribution >= 0.6 is 0 Å². The van der Waals surface area contributed by atoms with Crippen molar-refractivity contribution >= 4 is 29.2 Å². The molecule has 1 spiro atoms. The van der Waals surface area contributed by atoms with Gasteiger partial charge in [0.1, 0.15) is 24.2 Å². The van der Waals surface area contributed by atoms with E-state index >= 15 is 0 Å². The number of amides is 3. The van der Waals surface area contributed by atoms with Gasteiger partial charge in [-0.1, -0.05) is 6.07 Å². The molecule has 2 unspecified atom stereocenters. The van der Waals surface area contributed by atoms with Gasteiger partial charge in [-0.25, -0.2) is 4.98 Å². The van der Waals surface area contributed by atoms with Crippen LogP contribution in [0.25, 0.3) is 0 Å². The van der Waals surface area contributed by atoms with Crippen molar-refractivity contribution in [2.24, 2.45) is 11.3 Å². The molecule has 1 aromatic heterocycles. The number of carbonyl (C=O) groups excluding carboxylic acids is 3. The van der Waals surface area contributed by atoms with E-state index in [4.69, 9.17) is 4.74 Å². The second-order valence-electron chi connectivity index (χ2n) is 13.3. The fourth-order valence-corrected chi connectivity index (χ4v) is 8.27. The Morgan fingerprint density at radius 3 is 2.67 bits per heavy atom. The van der Waals surface area contributed by atoms with Gasteiger partial charge < -0.3 is 19.4 Å². The summed E-state index contributed by atoms with van der Waals surface area (Å²) in [5, 5.41) is 2.38. The van der Waals surface area contributed by atoms with E-state index < -0.39 is 6.04 Å². The molecule has 42 heavy (non-hydrogen) atoms. The van der Waals surface area contributed by atoms with Gasteiger partial charge in [0.05, 0.1) is 11.7 Å². The Balaban J connectivity index is 0.873. The number of aromatic nitrogens is 1. The summed E-state index contributed by atoms with van der Waals surface area (Å²) in [4.78, 5) is 51.0. The molecule has 1 saturated carbocycles. The molecule has 2 atom stereocenters. The minimum Gasteiger partial charge on any atom is -0.489 e. The fourth-order valence-electron chi connectivity index (χ4n) is 8.27. The number of fused-ring (bicyclic) bond motifs is 4. The van der Waals surface area contributed by atoms with Crippen LogP contribution in [-0.4, -0.2) is 90.5 Å². The van der Waals surface area contributed by atoms with Crippen molar-refractivity contribution < 1.29 is 19.1 Å². The third-order valence-corrected chi connectivity index (χ3v) is 10.6. The minimum atomic E-state index is -0.601. The Kier molecular flexibility index (Phi) is 6.17. The van der Waals surface area contributed by atoms with E-state index in [1.807, 2.05) is 18.3 Å². The number of anilines is 2. The molecule has 4 fully saturated rings. The van der Waals surface area contributed by atoms with Gasteiger partial charge in [0.2, 0.25) is 11.8 Å². The molecule has 2 aromatic rings. The molecule has 5 aliphatic heterocycles. The van der Waals surface area contributed by atoms with Crippen molar-refractivity contribution in [1.82, 2.24) is 20.1 Å². The zero-order chi connectivity index (χ0) is 28.4. The molecule has 220 valence electrons. The average Bonchev–Trinajstić information content (AvgIpc) is 3.30. The van der Waals surface area contributed by atoms with Gasteiger partial charge in [-0.2, -0.15) is 0 Å². The number of carbonyl (C=O) groups is 3. The molecular formula is C32H38N6O4. The number of benzene rings is 1. The number of nitrogens with one attached hydrogen (secondary N) is 1. The van der Waals surface area contributed by atoms with E-state index in [2.05, 4.69) is 43.2 Å². The van der Waals surface area contributed by atoms with Crippen LogP contribution < -0.4 is 19.9 Å². The van der Waals surface area contributed by atoms with Gasteiger partial charge in [0.25, 0.3) is 5.91 Å². The maximum Gasteiger partial charge on any atom is 0.255 e. The first-order valence-electron chi connectivity index (χ1n) is 15.5. The minimum absolute atomic E-state index is 0.154. The third kappa shape index (κ3) is 4.42.